The average Bonchev–Trinajstić information content (AvgIpc) is 2.93. The van der Waals surface area contributed by atoms with Crippen molar-refractivity contribution in [2.45, 2.75) is 43.5 Å². The zero-order chi connectivity index (χ0) is 15.6. The van der Waals surface area contributed by atoms with Crippen molar-refractivity contribution >= 4 is 31.6 Å². The van der Waals surface area contributed by atoms with Crippen molar-refractivity contribution in [3.63, 3.8) is 0 Å². The molecule has 0 atom stereocenters. The number of hydrogen-bond acceptors (Lipinski definition) is 3. The standard InChI is InChI=1S/C15H21BrN2O2S/c1-3-8-18(12-6-4-5-7-12)21(19,20)15-10-14(17)13(16)9-11(15)2/h3,9-10,12H,1,4-8,17H2,2H3. The number of nitrogens with two attached hydrogens (primary N) is 1. The minimum Gasteiger partial charge on any atom is -0.398 e. The summed E-state index contributed by atoms with van der Waals surface area (Å²) in [5.41, 5.74) is 7.00. The first-order valence-corrected chi connectivity index (χ1v) is 9.29. The second-order valence-corrected chi connectivity index (χ2v) is 8.15. The van der Waals surface area contributed by atoms with Crippen LogP contribution in [-0.4, -0.2) is 25.3 Å². The lowest BCUT2D eigenvalue weighted by Gasteiger charge is -2.27. The molecule has 1 saturated carbocycles. The van der Waals surface area contributed by atoms with Gasteiger partial charge in [0, 0.05) is 22.7 Å². The number of aryl methyl sites for hydroxylation is 1. The van der Waals surface area contributed by atoms with E-state index in [9.17, 15) is 8.42 Å². The predicted molar refractivity (Wildman–Crippen MR) is 89.6 cm³/mol. The summed E-state index contributed by atoms with van der Waals surface area (Å²) < 4.78 is 28.3. The zero-order valence-corrected chi connectivity index (χ0v) is 14.6. The fourth-order valence-electron chi connectivity index (χ4n) is 2.84. The van der Waals surface area contributed by atoms with Gasteiger partial charge in [-0.05, 0) is 53.4 Å². The first kappa shape index (κ1) is 16.5. The highest BCUT2D eigenvalue weighted by atomic mass is 79.9. The van der Waals surface area contributed by atoms with Gasteiger partial charge in [0.25, 0.3) is 0 Å². The molecule has 0 amide bonds. The molecule has 0 heterocycles. The lowest BCUT2D eigenvalue weighted by Crippen LogP contribution is -2.39. The van der Waals surface area contributed by atoms with Crippen LogP contribution in [-0.2, 0) is 10.0 Å². The Labute approximate surface area is 135 Å². The molecule has 0 spiro atoms. The van der Waals surface area contributed by atoms with Crippen molar-refractivity contribution in [1.29, 1.82) is 0 Å². The SMILES string of the molecule is C=CCN(C1CCCC1)S(=O)(=O)c1cc(N)c(Br)cc1C. The maximum Gasteiger partial charge on any atom is 0.243 e. The molecular weight excluding hydrogens is 352 g/mol. The van der Waals surface area contributed by atoms with Crippen molar-refractivity contribution in [2.24, 2.45) is 0 Å². The summed E-state index contributed by atoms with van der Waals surface area (Å²) in [6, 6.07) is 3.36. The van der Waals surface area contributed by atoms with Crippen molar-refractivity contribution < 1.29 is 8.42 Å². The van der Waals surface area contributed by atoms with Crippen LogP contribution in [0.4, 0.5) is 5.69 Å². The minimum absolute atomic E-state index is 0.0669. The normalized spacial score (nSPS) is 16.5. The van der Waals surface area contributed by atoms with E-state index < -0.39 is 10.0 Å². The van der Waals surface area contributed by atoms with Crippen molar-refractivity contribution in [3.8, 4) is 0 Å². The molecule has 2 N–H and O–H groups in total. The Morgan fingerprint density at radius 1 is 1.43 bits per heavy atom. The van der Waals surface area contributed by atoms with Crippen LogP contribution in [0.3, 0.4) is 0 Å². The highest BCUT2D eigenvalue weighted by Crippen LogP contribution is 2.32. The van der Waals surface area contributed by atoms with E-state index in [-0.39, 0.29) is 10.9 Å². The van der Waals surface area contributed by atoms with Crippen molar-refractivity contribution in [1.82, 2.24) is 4.31 Å². The summed E-state index contributed by atoms with van der Waals surface area (Å²) in [5, 5.41) is 0. The van der Waals surface area contributed by atoms with Crippen LogP contribution < -0.4 is 5.73 Å². The molecule has 0 saturated heterocycles. The molecule has 1 aromatic carbocycles. The fourth-order valence-corrected chi connectivity index (χ4v) is 5.19. The maximum absolute atomic E-state index is 13.0. The molecule has 1 aliphatic rings. The van der Waals surface area contributed by atoms with E-state index in [1.54, 1.807) is 29.4 Å². The summed E-state index contributed by atoms with van der Waals surface area (Å²) >= 11 is 3.33. The first-order chi connectivity index (χ1) is 9.87. The number of sulfonamides is 1. The summed E-state index contributed by atoms with van der Waals surface area (Å²) in [7, 11) is -3.56. The Morgan fingerprint density at radius 3 is 2.62 bits per heavy atom. The molecule has 0 aliphatic heterocycles. The maximum atomic E-state index is 13.0. The fraction of sp³-hybridized carbons (Fsp3) is 0.467. The summed E-state index contributed by atoms with van der Waals surface area (Å²) in [4.78, 5) is 0.289. The van der Waals surface area contributed by atoms with Gasteiger partial charge in [0.05, 0.1) is 4.90 Å². The lowest BCUT2D eigenvalue weighted by atomic mass is 10.2. The van der Waals surface area contributed by atoms with Crippen molar-refractivity contribution in [2.75, 3.05) is 12.3 Å². The van der Waals surface area contributed by atoms with Crippen LogP contribution in [0.25, 0.3) is 0 Å². The van der Waals surface area contributed by atoms with Crippen LogP contribution in [0.5, 0.6) is 0 Å². The highest BCUT2D eigenvalue weighted by molar-refractivity contribution is 9.10. The van der Waals surface area contributed by atoms with Crippen LogP contribution in [0.2, 0.25) is 0 Å². The molecule has 0 bridgehead atoms. The summed E-state index contributed by atoms with van der Waals surface area (Å²) in [6.45, 7) is 5.82. The molecule has 2 rings (SSSR count). The monoisotopic (exact) mass is 372 g/mol. The van der Waals surface area contributed by atoms with Crippen LogP contribution in [0.15, 0.2) is 34.2 Å². The number of hydrogen-bond donors (Lipinski definition) is 1. The van der Waals surface area contributed by atoms with E-state index in [2.05, 4.69) is 22.5 Å². The average molecular weight is 373 g/mol. The Kier molecular flexibility index (Phi) is 5.11. The third-order valence-electron chi connectivity index (χ3n) is 3.92. The quantitative estimate of drug-likeness (QED) is 0.635. The number of halogens is 1. The predicted octanol–water partition coefficient (Wildman–Crippen LogP) is 3.46. The third kappa shape index (κ3) is 3.33. The number of rotatable bonds is 5. The minimum atomic E-state index is -3.56. The van der Waals surface area contributed by atoms with Gasteiger partial charge in [0.2, 0.25) is 10.0 Å². The molecule has 1 fully saturated rings. The molecule has 21 heavy (non-hydrogen) atoms. The van der Waals surface area contributed by atoms with Gasteiger partial charge in [-0.1, -0.05) is 18.9 Å². The molecule has 6 heteroatoms. The molecular formula is C15H21BrN2O2S. The van der Waals surface area contributed by atoms with E-state index in [0.29, 0.717) is 17.8 Å². The summed E-state index contributed by atoms with van der Waals surface area (Å²) in [5.74, 6) is 0. The van der Waals surface area contributed by atoms with Gasteiger partial charge in [-0.15, -0.1) is 6.58 Å². The molecule has 0 aromatic heterocycles. The van der Waals surface area contributed by atoms with Gasteiger partial charge in [0.1, 0.15) is 0 Å². The van der Waals surface area contributed by atoms with Gasteiger partial charge in [-0.2, -0.15) is 4.31 Å². The Morgan fingerprint density at radius 2 is 2.05 bits per heavy atom. The van der Waals surface area contributed by atoms with Gasteiger partial charge in [-0.3, -0.25) is 0 Å². The molecule has 4 nitrogen and oxygen atoms in total. The molecule has 116 valence electrons. The second-order valence-electron chi connectivity index (χ2n) is 5.44. The van der Waals surface area contributed by atoms with Gasteiger partial charge in [0.15, 0.2) is 0 Å². The largest absolute Gasteiger partial charge is 0.398 e. The zero-order valence-electron chi connectivity index (χ0n) is 12.2. The van der Waals surface area contributed by atoms with E-state index >= 15 is 0 Å². The smallest absolute Gasteiger partial charge is 0.243 e. The lowest BCUT2D eigenvalue weighted by molar-refractivity contribution is 0.347. The van der Waals surface area contributed by atoms with Gasteiger partial charge in [-0.25, -0.2) is 8.42 Å². The molecule has 1 aliphatic carbocycles. The second kappa shape index (κ2) is 6.50. The van der Waals surface area contributed by atoms with Crippen LogP contribution in [0.1, 0.15) is 31.2 Å². The van der Waals surface area contributed by atoms with Gasteiger partial charge >= 0.3 is 0 Å². The Bertz CT molecular complexity index is 637. The Balaban J connectivity index is 2.47. The van der Waals surface area contributed by atoms with Crippen LogP contribution in [0, 0.1) is 6.92 Å². The molecule has 0 unspecified atom stereocenters. The number of anilines is 1. The van der Waals surface area contributed by atoms with Gasteiger partial charge < -0.3 is 5.73 Å². The van der Waals surface area contributed by atoms with E-state index in [1.807, 2.05) is 0 Å². The third-order valence-corrected chi connectivity index (χ3v) is 6.67. The summed E-state index contributed by atoms with van der Waals surface area (Å²) in [6.07, 6.45) is 5.63. The van der Waals surface area contributed by atoms with E-state index in [4.69, 9.17) is 5.73 Å². The van der Waals surface area contributed by atoms with E-state index in [0.717, 1.165) is 30.2 Å². The highest BCUT2D eigenvalue weighted by Gasteiger charge is 2.33. The molecule has 0 radical (unpaired) electrons. The number of nitrogen functional groups attached to an aromatic ring is 1. The van der Waals surface area contributed by atoms with E-state index in [1.165, 1.54) is 0 Å². The number of benzene rings is 1. The van der Waals surface area contributed by atoms with Crippen molar-refractivity contribution in [3.05, 3.63) is 34.8 Å². The Hall–Kier alpha value is -0.850. The first-order valence-electron chi connectivity index (χ1n) is 7.06. The topological polar surface area (TPSA) is 63.4 Å². The van der Waals surface area contributed by atoms with Crippen LogP contribution >= 0.6 is 15.9 Å². The number of nitrogens with zero attached hydrogens (tertiary/aromatic N) is 1. The molecule has 1 aromatic rings.